The quantitative estimate of drug-likeness (QED) is 0.523. The molecule has 2 unspecified atom stereocenters. The molecule has 0 bridgehead atoms. The van der Waals surface area contributed by atoms with Gasteiger partial charge in [0.05, 0.1) is 0 Å². The summed E-state index contributed by atoms with van der Waals surface area (Å²) in [6.07, 6.45) is -6.70. The maximum Gasteiger partial charge on any atom is 0.194 e. The molecule has 0 saturated heterocycles. The Balaban J connectivity index is 3.49. The van der Waals surface area contributed by atoms with Crippen molar-refractivity contribution in [3.63, 3.8) is 0 Å². The van der Waals surface area contributed by atoms with Crippen molar-refractivity contribution in [2.24, 2.45) is 0 Å². The third-order valence-electron chi connectivity index (χ3n) is 1.64. The molecule has 1 rings (SSSR count). The zero-order valence-electron chi connectivity index (χ0n) is 6.68. The molecule has 0 aromatic rings. The summed E-state index contributed by atoms with van der Waals surface area (Å²) in [5.41, 5.74) is 0. The number of hydrogen-bond donors (Lipinski definition) is 0. The van der Waals surface area contributed by atoms with E-state index in [0.717, 1.165) is 0 Å². The molecule has 0 heterocycles. The summed E-state index contributed by atoms with van der Waals surface area (Å²) in [6.45, 7) is 0. The van der Waals surface area contributed by atoms with Gasteiger partial charge >= 0.3 is 0 Å². The zero-order valence-corrected chi connectivity index (χ0v) is 7.49. The van der Waals surface area contributed by atoms with Gasteiger partial charge in [0.25, 0.3) is 0 Å². The van der Waals surface area contributed by atoms with Crippen LogP contribution in [0, 0.1) is 0 Å². The minimum atomic E-state index is -5.71. The van der Waals surface area contributed by atoms with Crippen LogP contribution < -0.4 is 0 Å². The molecule has 1 aliphatic carbocycles. The van der Waals surface area contributed by atoms with E-state index < -0.39 is 44.8 Å². The summed E-state index contributed by atoms with van der Waals surface area (Å²) in [5, 5.41) is 0. The molecule has 86 valence electrons. The monoisotopic (exact) mass is 249 g/mol. The minimum Gasteiger partial charge on any atom is -0.744 e. The lowest BCUT2D eigenvalue weighted by Crippen LogP contribution is -2.30. The second kappa shape index (κ2) is 3.56. The van der Waals surface area contributed by atoms with E-state index in [4.69, 9.17) is 0 Å². The van der Waals surface area contributed by atoms with E-state index in [1.165, 1.54) is 0 Å². The minimum absolute atomic E-state index is 2.26. The molecule has 1 aliphatic rings. The summed E-state index contributed by atoms with van der Waals surface area (Å²) in [7, 11) is -5.71. The van der Waals surface area contributed by atoms with Crippen LogP contribution in [0.2, 0.25) is 0 Å². The first-order valence-corrected chi connectivity index (χ1v) is 4.78. The molecule has 0 radical (unpaired) electrons. The second-order valence-electron chi connectivity index (χ2n) is 2.60. The first kappa shape index (κ1) is 12.1. The average Bonchev–Trinajstić information content (AvgIpc) is 2.09. The number of alkyl halides is 2. The fourth-order valence-electron chi connectivity index (χ4n) is 0.964. The number of hydrogen-bond acceptors (Lipinski definition) is 3. The Morgan fingerprint density at radius 3 is 1.87 bits per heavy atom. The molecular formula is C6H2F5O3S-. The Bertz CT molecular complexity index is 451. The third-order valence-corrected chi connectivity index (χ3v) is 2.58. The highest BCUT2D eigenvalue weighted by atomic mass is 32.2. The Kier molecular flexibility index (Phi) is 2.88. The Morgan fingerprint density at radius 2 is 1.47 bits per heavy atom. The maximum atomic E-state index is 12.7. The van der Waals surface area contributed by atoms with Crippen molar-refractivity contribution in [2.45, 2.75) is 12.3 Å². The lowest BCUT2D eigenvalue weighted by molar-refractivity contribution is 0.187. The molecule has 9 heteroatoms. The Morgan fingerprint density at radius 1 is 1.00 bits per heavy atom. The van der Waals surface area contributed by atoms with Gasteiger partial charge in [0.15, 0.2) is 29.8 Å². The van der Waals surface area contributed by atoms with Gasteiger partial charge in [-0.3, -0.25) is 0 Å². The molecule has 0 saturated carbocycles. The summed E-state index contributed by atoms with van der Waals surface area (Å²) in [4.78, 5) is -2.26. The number of halogens is 5. The highest BCUT2D eigenvalue weighted by Crippen LogP contribution is 2.38. The Labute approximate surface area is 80.6 Å². The van der Waals surface area contributed by atoms with Crippen LogP contribution in [0.3, 0.4) is 0 Å². The standard InChI is InChI=1S/C6H3F5O3S/c7-1-2(8)4(10)6(15(12,13)14)5(11)3(1)9/h2,4H,(H,12,13,14)/p-1. The molecule has 0 aromatic heterocycles. The molecule has 3 nitrogen and oxygen atoms in total. The fourth-order valence-corrected chi connectivity index (χ4v) is 1.67. The van der Waals surface area contributed by atoms with Gasteiger partial charge in [-0.25, -0.2) is 30.4 Å². The van der Waals surface area contributed by atoms with Gasteiger partial charge in [0.1, 0.15) is 15.0 Å². The Hall–Kier alpha value is -0.960. The van der Waals surface area contributed by atoms with Crippen LogP contribution in [-0.4, -0.2) is 25.3 Å². The molecule has 0 N–H and O–H groups in total. The van der Waals surface area contributed by atoms with Crippen molar-refractivity contribution in [2.75, 3.05) is 0 Å². The summed E-state index contributed by atoms with van der Waals surface area (Å²) in [5.74, 6) is -7.44. The second-order valence-corrected chi connectivity index (χ2v) is 3.95. The first-order valence-electron chi connectivity index (χ1n) is 3.37. The van der Waals surface area contributed by atoms with Gasteiger partial charge < -0.3 is 4.55 Å². The average molecular weight is 249 g/mol. The lowest BCUT2D eigenvalue weighted by Gasteiger charge is -2.22. The topological polar surface area (TPSA) is 57.2 Å². The predicted molar refractivity (Wildman–Crippen MR) is 36.9 cm³/mol. The van der Waals surface area contributed by atoms with E-state index in [1.807, 2.05) is 0 Å². The molecule has 0 aromatic carbocycles. The van der Waals surface area contributed by atoms with Crippen LogP contribution in [0.15, 0.2) is 22.4 Å². The normalized spacial score (nSPS) is 28.7. The predicted octanol–water partition coefficient (Wildman–Crippen LogP) is 1.55. The van der Waals surface area contributed by atoms with Gasteiger partial charge in [0, 0.05) is 0 Å². The molecule has 0 amide bonds. The van der Waals surface area contributed by atoms with Gasteiger partial charge in [0.2, 0.25) is 0 Å². The van der Waals surface area contributed by atoms with E-state index in [1.54, 1.807) is 0 Å². The van der Waals surface area contributed by atoms with Crippen molar-refractivity contribution < 1.29 is 34.9 Å². The van der Waals surface area contributed by atoms with Crippen molar-refractivity contribution in [3.8, 4) is 0 Å². The van der Waals surface area contributed by atoms with Gasteiger partial charge in [-0.2, -0.15) is 0 Å². The van der Waals surface area contributed by atoms with Crippen molar-refractivity contribution >= 4 is 10.1 Å². The molecule has 0 spiro atoms. The summed E-state index contributed by atoms with van der Waals surface area (Å²) < 4.78 is 93.4. The largest absolute Gasteiger partial charge is 0.744 e. The van der Waals surface area contributed by atoms with Crippen LogP contribution in [0.5, 0.6) is 0 Å². The zero-order chi connectivity index (χ0) is 12.0. The molecule has 2 atom stereocenters. The van der Waals surface area contributed by atoms with Crippen LogP contribution in [-0.2, 0) is 10.1 Å². The van der Waals surface area contributed by atoms with Crippen LogP contribution in [0.4, 0.5) is 22.0 Å². The van der Waals surface area contributed by atoms with Crippen molar-refractivity contribution in [3.05, 3.63) is 22.4 Å². The molecule has 0 aliphatic heterocycles. The van der Waals surface area contributed by atoms with Crippen LogP contribution in [0.1, 0.15) is 0 Å². The third kappa shape index (κ3) is 1.88. The number of allylic oxidation sites excluding steroid dienone is 4. The number of rotatable bonds is 1. The molecule has 15 heavy (non-hydrogen) atoms. The highest BCUT2D eigenvalue weighted by molar-refractivity contribution is 7.89. The molecular weight excluding hydrogens is 247 g/mol. The van der Waals surface area contributed by atoms with E-state index in [-0.39, 0.29) is 0 Å². The van der Waals surface area contributed by atoms with E-state index in [9.17, 15) is 34.9 Å². The van der Waals surface area contributed by atoms with Gasteiger partial charge in [-0.05, 0) is 0 Å². The van der Waals surface area contributed by atoms with Crippen molar-refractivity contribution in [1.82, 2.24) is 0 Å². The van der Waals surface area contributed by atoms with Crippen LogP contribution >= 0.6 is 0 Å². The lowest BCUT2D eigenvalue weighted by atomic mass is 10.1. The summed E-state index contributed by atoms with van der Waals surface area (Å²) >= 11 is 0. The molecule has 0 fully saturated rings. The van der Waals surface area contributed by atoms with E-state index >= 15 is 0 Å². The van der Waals surface area contributed by atoms with E-state index in [2.05, 4.69) is 0 Å². The summed E-state index contributed by atoms with van der Waals surface area (Å²) in [6, 6.07) is 0. The van der Waals surface area contributed by atoms with Crippen LogP contribution in [0.25, 0.3) is 0 Å². The van der Waals surface area contributed by atoms with Gasteiger partial charge in [-0.1, -0.05) is 0 Å². The SMILES string of the molecule is O=S(=O)([O-])C1=C(F)C(F)=C(F)C(F)C1F. The highest BCUT2D eigenvalue weighted by Gasteiger charge is 2.42. The smallest absolute Gasteiger partial charge is 0.194 e. The van der Waals surface area contributed by atoms with Gasteiger partial charge in [-0.15, -0.1) is 0 Å². The van der Waals surface area contributed by atoms with Crippen molar-refractivity contribution in [1.29, 1.82) is 0 Å². The van der Waals surface area contributed by atoms with E-state index in [0.29, 0.717) is 0 Å². The maximum absolute atomic E-state index is 12.7. The first-order chi connectivity index (χ1) is 6.68. The fraction of sp³-hybridized carbons (Fsp3) is 0.333.